The first kappa shape index (κ1) is 19.8. The van der Waals surface area contributed by atoms with E-state index in [1.54, 1.807) is 0 Å². The van der Waals surface area contributed by atoms with Crippen molar-refractivity contribution in [1.82, 2.24) is 0 Å². The summed E-state index contributed by atoms with van der Waals surface area (Å²) in [5.74, 6) is 0.773. The van der Waals surface area contributed by atoms with Gasteiger partial charge in [0, 0.05) is 6.04 Å². The van der Waals surface area contributed by atoms with E-state index in [-0.39, 0.29) is 30.1 Å². The highest BCUT2D eigenvalue weighted by Crippen LogP contribution is 2.29. The zero-order valence-electron chi connectivity index (χ0n) is 13.9. The molecule has 0 aliphatic heterocycles. The second kappa shape index (κ2) is 10.6. The monoisotopic (exact) mass is 287 g/mol. The maximum Gasteiger partial charge on any atom is 0.0569 e. The lowest BCUT2D eigenvalue weighted by atomic mass is 9.76. The molecular formula is C16H37N3O. The highest BCUT2D eigenvalue weighted by Gasteiger charge is 2.30. The number of rotatable bonds is 11. The van der Waals surface area contributed by atoms with Crippen molar-refractivity contribution >= 4 is 0 Å². The number of nitrogens with two attached hydrogens (primary N) is 3. The van der Waals surface area contributed by atoms with Crippen LogP contribution in [0.2, 0.25) is 0 Å². The largest absolute Gasteiger partial charge is 0.393 e. The molecule has 0 aliphatic carbocycles. The number of unbranched alkanes of at least 4 members (excludes halogenated alkanes) is 2. The van der Waals surface area contributed by atoms with E-state index in [1.807, 2.05) is 6.92 Å². The van der Waals surface area contributed by atoms with Crippen LogP contribution in [0.1, 0.15) is 66.2 Å². The molecule has 5 atom stereocenters. The molecule has 0 rings (SSSR count). The average molecular weight is 287 g/mol. The number of aliphatic hydroxyl groups is 1. The van der Waals surface area contributed by atoms with Crippen LogP contribution in [0.4, 0.5) is 0 Å². The van der Waals surface area contributed by atoms with Crippen LogP contribution in [-0.2, 0) is 0 Å². The quantitative estimate of drug-likeness (QED) is 0.346. The van der Waals surface area contributed by atoms with Gasteiger partial charge in [-0.3, -0.25) is 0 Å². The Morgan fingerprint density at radius 2 is 1.45 bits per heavy atom. The Morgan fingerprint density at radius 3 is 1.90 bits per heavy atom. The summed E-state index contributed by atoms with van der Waals surface area (Å²) in [4.78, 5) is 0. The van der Waals surface area contributed by atoms with E-state index < -0.39 is 0 Å². The summed E-state index contributed by atoms with van der Waals surface area (Å²) in [6, 6.07) is 0.281. The first-order valence-electron chi connectivity index (χ1n) is 8.26. The molecule has 7 N–H and O–H groups in total. The molecule has 20 heavy (non-hydrogen) atoms. The summed E-state index contributed by atoms with van der Waals surface area (Å²) >= 11 is 0. The molecule has 0 aromatic heterocycles. The van der Waals surface area contributed by atoms with Crippen LogP contribution in [0.3, 0.4) is 0 Å². The van der Waals surface area contributed by atoms with Crippen LogP contribution in [0.5, 0.6) is 0 Å². The van der Waals surface area contributed by atoms with Crippen LogP contribution in [-0.4, -0.2) is 23.4 Å². The molecule has 0 aromatic rings. The Morgan fingerprint density at radius 1 is 0.900 bits per heavy atom. The van der Waals surface area contributed by atoms with Crippen LogP contribution >= 0.6 is 0 Å². The molecule has 0 saturated carbocycles. The van der Waals surface area contributed by atoms with Gasteiger partial charge in [-0.25, -0.2) is 0 Å². The van der Waals surface area contributed by atoms with E-state index in [9.17, 15) is 5.11 Å². The van der Waals surface area contributed by atoms with Crippen LogP contribution in [0, 0.1) is 17.8 Å². The second-order valence-corrected chi connectivity index (χ2v) is 6.58. The van der Waals surface area contributed by atoms with Gasteiger partial charge in [-0.15, -0.1) is 0 Å². The zero-order valence-corrected chi connectivity index (χ0v) is 13.9. The first-order valence-corrected chi connectivity index (χ1v) is 8.26. The van der Waals surface area contributed by atoms with Gasteiger partial charge < -0.3 is 22.3 Å². The summed E-state index contributed by atoms with van der Waals surface area (Å²) in [7, 11) is 0. The molecule has 0 aliphatic rings. The Bertz CT molecular complexity index is 234. The van der Waals surface area contributed by atoms with E-state index >= 15 is 0 Å². The van der Waals surface area contributed by atoms with Crippen molar-refractivity contribution in [3.05, 3.63) is 0 Å². The van der Waals surface area contributed by atoms with Crippen LogP contribution in [0.15, 0.2) is 0 Å². The smallest absolute Gasteiger partial charge is 0.0569 e. The van der Waals surface area contributed by atoms with Crippen molar-refractivity contribution < 1.29 is 5.11 Å². The molecule has 4 nitrogen and oxygen atoms in total. The zero-order chi connectivity index (χ0) is 15.7. The fraction of sp³-hybridized carbons (Fsp3) is 1.00. The van der Waals surface area contributed by atoms with Crippen molar-refractivity contribution in [1.29, 1.82) is 0 Å². The Hall–Kier alpha value is -0.160. The summed E-state index contributed by atoms with van der Waals surface area (Å²) in [5.41, 5.74) is 17.6. The third-order valence-corrected chi connectivity index (χ3v) is 4.62. The predicted octanol–water partition coefficient (Wildman–Crippen LogP) is 2.19. The van der Waals surface area contributed by atoms with Crippen LogP contribution < -0.4 is 17.2 Å². The van der Waals surface area contributed by atoms with Gasteiger partial charge >= 0.3 is 0 Å². The first-order chi connectivity index (χ1) is 9.31. The summed E-state index contributed by atoms with van der Waals surface area (Å²) in [6.07, 6.45) is 5.60. The lowest BCUT2D eigenvalue weighted by Gasteiger charge is -2.34. The molecule has 0 bridgehead atoms. The molecule has 122 valence electrons. The van der Waals surface area contributed by atoms with Gasteiger partial charge in [0.15, 0.2) is 0 Å². The van der Waals surface area contributed by atoms with Gasteiger partial charge in [-0.2, -0.15) is 0 Å². The van der Waals surface area contributed by atoms with E-state index in [0.29, 0.717) is 5.92 Å². The molecular weight excluding hydrogens is 250 g/mol. The highest BCUT2D eigenvalue weighted by molar-refractivity contribution is 4.81. The SMILES string of the molecule is CCC(C)C(C(N)N)C(C)C(O)CCCCCC(C)N. The van der Waals surface area contributed by atoms with E-state index in [2.05, 4.69) is 20.8 Å². The third kappa shape index (κ3) is 7.58. The Kier molecular flexibility index (Phi) is 10.5. The minimum atomic E-state index is -0.354. The van der Waals surface area contributed by atoms with Crippen LogP contribution in [0.25, 0.3) is 0 Å². The molecule has 0 aromatic carbocycles. The number of hydrogen-bond acceptors (Lipinski definition) is 4. The minimum Gasteiger partial charge on any atom is -0.393 e. The molecule has 0 amide bonds. The minimum absolute atomic E-state index is 0.151. The van der Waals surface area contributed by atoms with Gasteiger partial charge in [0.1, 0.15) is 0 Å². The predicted molar refractivity (Wildman–Crippen MR) is 87.0 cm³/mol. The molecule has 0 saturated heterocycles. The maximum atomic E-state index is 10.4. The average Bonchev–Trinajstić information content (AvgIpc) is 2.36. The number of aliphatic hydroxyl groups excluding tert-OH is 1. The van der Waals surface area contributed by atoms with Crippen molar-refractivity contribution in [2.75, 3.05) is 0 Å². The topological polar surface area (TPSA) is 98.3 Å². The highest BCUT2D eigenvalue weighted by atomic mass is 16.3. The lowest BCUT2D eigenvalue weighted by molar-refractivity contribution is 0.0446. The van der Waals surface area contributed by atoms with Crippen molar-refractivity contribution in [2.45, 2.75) is 84.5 Å². The van der Waals surface area contributed by atoms with E-state index in [1.165, 1.54) is 0 Å². The fourth-order valence-corrected chi connectivity index (χ4v) is 3.04. The van der Waals surface area contributed by atoms with Crippen molar-refractivity contribution in [3.63, 3.8) is 0 Å². The normalized spacial score (nSPS) is 19.6. The molecule has 0 fully saturated rings. The van der Waals surface area contributed by atoms with Crippen molar-refractivity contribution in [3.8, 4) is 0 Å². The standard InChI is InChI=1S/C16H37N3O/c1-5-11(2)15(16(18)19)13(4)14(20)10-8-6-7-9-12(3)17/h11-16,20H,5-10,17-19H2,1-4H3. The van der Waals surface area contributed by atoms with Gasteiger partial charge in [0.05, 0.1) is 12.3 Å². The maximum absolute atomic E-state index is 10.4. The van der Waals surface area contributed by atoms with Gasteiger partial charge in [-0.05, 0) is 37.5 Å². The second-order valence-electron chi connectivity index (χ2n) is 6.58. The van der Waals surface area contributed by atoms with Gasteiger partial charge in [0.25, 0.3) is 0 Å². The molecule has 5 unspecified atom stereocenters. The molecule has 0 radical (unpaired) electrons. The Labute approximate surface area is 125 Å². The molecule has 0 heterocycles. The fourth-order valence-electron chi connectivity index (χ4n) is 3.04. The summed E-state index contributed by atoms with van der Waals surface area (Å²) in [5, 5.41) is 10.4. The van der Waals surface area contributed by atoms with E-state index in [4.69, 9.17) is 17.2 Å². The van der Waals surface area contributed by atoms with Crippen molar-refractivity contribution in [2.24, 2.45) is 35.0 Å². The Balaban J connectivity index is 4.13. The van der Waals surface area contributed by atoms with Gasteiger partial charge in [-0.1, -0.05) is 46.5 Å². The molecule has 0 spiro atoms. The summed E-state index contributed by atoms with van der Waals surface area (Å²) in [6.45, 7) is 8.43. The number of hydrogen-bond donors (Lipinski definition) is 4. The molecule has 4 heteroatoms. The van der Waals surface area contributed by atoms with Gasteiger partial charge in [0.2, 0.25) is 0 Å². The summed E-state index contributed by atoms with van der Waals surface area (Å²) < 4.78 is 0. The van der Waals surface area contributed by atoms with E-state index in [0.717, 1.165) is 38.5 Å². The lowest BCUT2D eigenvalue weighted by Crippen LogP contribution is -2.47. The third-order valence-electron chi connectivity index (χ3n) is 4.62.